The lowest BCUT2D eigenvalue weighted by atomic mass is 10.00. The summed E-state index contributed by atoms with van der Waals surface area (Å²) in [7, 11) is 2.76. The number of aromatic amines is 2. The van der Waals surface area contributed by atoms with Gasteiger partial charge in [0, 0.05) is 99.5 Å². The van der Waals surface area contributed by atoms with E-state index in [4.69, 9.17) is 17.2 Å². The van der Waals surface area contributed by atoms with Gasteiger partial charge in [-0.15, -0.1) is 11.8 Å². The molecule has 6 heterocycles. The lowest BCUT2D eigenvalue weighted by molar-refractivity contribution is -0.149. The Balaban J connectivity index is 1.06. The van der Waals surface area contributed by atoms with Crippen molar-refractivity contribution in [2.24, 2.45) is 23.1 Å². The number of carboxylic acid groups (broad SMARTS) is 1. The number of fused-ring (bicyclic) bond motifs is 5. The second kappa shape index (κ2) is 46.1. The van der Waals surface area contributed by atoms with Gasteiger partial charge in [-0.2, -0.15) is 0 Å². The Morgan fingerprint density at radius 2 is 1.07 bits per heavy atom. The number of thioether (sulfide) groups is 1. The maximum Gasteiger partial charge on any atom is 0.305 e. The highest BCUT2D eigenvalue weighted by molar-refractivity contribution is 8.00. The molecule has 0 radical (unpaired) electrons. The number of nitrogens with zero attached hydrogens (tertiary/aromatic N) is 5. The molecule has 39 nitrogen and oxygen atoms in total. The quantitative estimate of drug-likeness (QED) is 0.0381. The molecule has 2 aromatic heterocycles. The second-order valence-corrected chi connectivity index (χ2v) is 34.2. The van der Waals surface area contributed by atoms with E-state index in [1.165, 1.54) is 60.0 Å². The number of carbonyl (C=O) groups is 17. The third-order valence-corrected chi connectivity index (χ3v) is 24.2. The van der Waals surface area contributed by atoms with Crippen LogP contribution in [0.15, 0.2) is 97.3 Å². The number of nitrogens with two attached hydrogens (primary N) is 3. The van der Waals surface area contributed by atoms with Gasteiger partial charge in [0.2, 0.25) is 94.5 Å². The molecule has 9 rings (SSSR count). The zero-order valence-corrected chi connectivity index (χ0v) is 73.4. The lowest BCUT2D eigenvalue weighted by Gasteiger charge is -2.36. The largest absolute Gasteiger partial charge is 0.508 e. The number of aromatic hydroxyl groups is 1. The Morgan fingerprint density at radius 1 is 0.551 bits per heavy atom. The molecule has 14 unspecified atom stereocenters. The number of carbonyl (C=O) groups excluding carboxylic acids is 16. The molecular weight excluding hydrogens is 1660 g/mol. The summed E-state index contributed by atoms with van der Waals surface area (Å²) in [6, 6.07) is -0.410. The highest BCUT2D eigenvalue weighted by Gasteiger charge is 2.47. The zero-order chi connectivity index (χ0) is 92.6. The predicted molar refractivity (Wildman–Crippen MR) is 469 cm³/mol. The molecule has 40 heteroatoms. The first-order chi connectivity index (χ1) is 60.5. The first kappa shape index (κ1) is 98.3. The van der Waals surface area contributed by atoms with Crippen molar-refractivity contribution in [3.05, 3.63) is 114 Å². The number of H-pyrrole nitrogens is 2. The first-order valence-electron chi connectivity index (χ1n) is 43.0. The molecule has 3 aromatic carbocycles. The van der Waals surface area contributed by atoms with Crippen molar-refractivity contribution < 1.29 is 91.7 Å². The van der Waals surface area contributed by atoms with Gasteiger partial charge in [0.1, 0.15) is 90.3 Å². The summed E-state index contributed by atoms with van der Waals surface area (Å²) in [5.41, 5.74) is 21.2. The van der Waals surface area contributed by atoms with Crippen LogP contribution in [-0.2, 0) is 101 Å². The van der Waals surface area contributed by atoms with Crippen molar-refractivity contribution in [3.8, 4) is 5.75 Å². The minimum atomic E-state index is -1.84. The van der Waals surface area contributed by atoms with Crippen LogP contribution in [0.2, 0.25) is 0 Å². The van der Waals surface area contributed by atoms with E-state index in [2.05, 4.69) is 69.7 Å². The summed E-state index contributed by atoms with van der Waals surface area (Å²) < 4.78 is 0. The molecule has 0 spiro atoms. The van der Waals surface area contributed by atoms with E-state index in [-0.39, 0.29) is 121 Å². The number of para-hydroxylation sites is 2. The van der Waals surface area contributed by atoms with Crippen molar-refractivity contribution in [2.45, 2.75) is 222 Å². The van der Waals surface area contributed by atoms with Crippen LogP contribution in [0.5, 0.6) is 5.75 Å². The van der Waals surface area contributed by atoms with Gasteiger partial charge in [-0.3, -0.25) is 81.5 Å². The number of likely N-dealkylation sites (N-methyl/N-ethyl adjacent to an activating group) is 2. The molecular formula is C87H120N20O19S. The second-order valence-electron chi connectivity index (χ2n) is 33.2. The maximum absolute atomic E-state index is 15.7. The van der Waals surface area contributed by atoms with E-state index in [0.29, 0.717) is 63.3 Å². The molecule has 20 N–H and O–H groups in total. The number of rotatable bonds is 21. The smallest absolute Gasteiger partial charge is 0.305 e. The summed E-state index contributed by atoms with van der Waals surface area (Å²) in [4.78, 5) is 259. The van der Waals surface area contributed by atoms with E-state index in [9.17, 15) is 63.0 Å². The minimum Gasteiger partial charge on any atom is -0.508 e. The fourth-order valence-corrected chi connectivity index (χ4v) is 17.3. The maximum atomic E-state index is 15.7. The van der Waals surface area contributed by atoms with Gasteiger partial charge in [-0.05, 0) is 118 Å². The highest BCUT2D eigenvalue weighted by Crippen LogP contribution is 2.29. The number of nitrogens with one attached hydrogen (secondary N) is 12. The average molecular weight is 1780 g/mol. The van der Waals surface area contributed by atoms with Gasteiger partial charge in [-0.25, -0.2) is 0 Å². The standard InChI is InChI=1S/C87H120N20O19S/c1-9-11-23-69-87(126)103(7)66(18-10-2)79(118)94-49(6)74(113)102-65(75(114)93-43-71(90)109)45-127-46-72(110)95-61(36-50-26-28-53(108)29-27-50)84(123)105-32-16-24-67(105)80(119)100-63(39-73(111)112)85(124)106-33-17-25-68(106)81(120)101-64(40-89)78(117)98-60(34-47(3)4)86(125)107-44-48(5)35-70(107)82(121)97-59(37-51-41-91-56-21-14-12-19-54(51)56)77(116)96-58(30-31-88)76(115)99-62(83(122)104(69)8)38-52-42-92-57-22-15-13-20-55(52)57/h12-15,19-22,26-29,41-42,47,49,58-70,91-92,108H,5,9-11,16-18,23-25,30-40,43-46,88-89H2,1-4,6-8H3,(H2,90,109)(H,93,114)(H,94,118)(H,95,110)(H,96,116)(H,97,121)(H,98,117)(H,99,115)(H,100,119)(H,101,120)(H,102,113)(H,111,112). The van der Waals surface area contributed by atoms with E-state index >= 15 is 28.8 Å². The van der Waals surface area contributed by atoms with Crippen molar-refractivity contribution in [1.82, 2.24) is 87.6 Å². The lowest BCUT2D eigenvalue weighted by Crippen LogP contribution is -2.61. The molecule has 4 saturated heterocycles. The van der Waals surface area contributed by atoms with Crippen LogP contribution < -0.4 is 70.4 Å². The highest BCUT2D eigenvalue weighted by atomic mass is 32.2. The van der Waals surface area contributed by atoms with Crippen LogP contribution in [0.3, 0.4) is 0 Å². The number of aliphatic carboxylic acids is 1. The van der Waals surface area contributed by atoms with Crippen LogP contribution in [0, 0.1) is 5.92 Å². The van der Waals surface area contributed by atoms with Crippen LogP contribution in [0.25, 0.3) is 21.8 Å². The summed E-state index contributed by atoms with van der Waals surface area (Å²) in [6.45, 7) is 10.8. The predicted octanol–water partition coefficient (Wildman–Crippen LogP) is -1.27. The van der Waals surface area contributed by atoms with E-state index < -0.39 is 210 Å². The zero-order valence-electron chi connectivity index (χ0n) is 72.6. The normalized spacial score (nSPS) is 25.5. The number of benzene rings is 3. The SMILES string of the molecule is C=C1CC2C(=O)NC(Cc3c[nH]c4ccccc34)C(=O)NC(CCN)C(=O)NC(Cc3c[nH]c4ccccc34)C(=O)N(C)C(CCCC)C(=O)N(C)C(CCC)C(=O)NC(C)C(=O)NC(C(=O)NCC(N)=O)CSCC(=O)NC(Cc3ccc(O)cc3)C(=O)N3CCCC3C(=O)NC(CC(=O)O)C(=O)N3CCCC3C(=O)NC(CN)C(=O)NC(CC(C)C)C(=O)N2C1. The number of aromatic nitrogens is 2. The number of carboxylic acids is 1. The van der Waals surface area contributed by atoms with Crippen molar-refractivity contribution in [3.63, 3.8) is 0 Å². The Hall–Kier alpha value is -12.5. The molecule has 5 aromatic rings. The van der Waals surface area contributed by atoms with Crippen LogP contribution >= 0.6 is 11.8 Å². The number of phenols is 1. The molecule has 4 fully saturated rings. The van der Waals surface area contributed by atoms with E-state index in [0.717, 1.165) is 21.6 Å². The van der Waals surface area contributed by atoms with Gasteiger partial charge < -0.3 is 115 Å². The molecule has 0 saturated carbocycles. The van der Waals surface area contributed by atoms with Crippen molar-refractivity contribution in [2.75, 3.05) is 64.9 Å². The van der Waals surface area contributed by atoms with E-state index in [1.54, 1.807) is 69.6 Å². The number of amides is 16. The van der Waals surface area contributed by atoms with Gasteiger partial charge in [-0.1, -0.05) is 108 Å². The Morgan fingerprint density at radius 3 is 1.65 bits per heavy atom. The van der Waals surface area contributed by atoms with Crippen molar-refractivity contribution in [1.29, 1.82) is 0 Å². The number of primary amides is 1. The summed E-state index contributed by atoms with van der Waals surface area (Å²) in [5, 5.41) is 48.4. The summed E-state index contributed by atoms with van der Waals surface area (Å²) >= 11 is 0.797. The first-order valence-corrected chi connectivity index (χ1v) is 44.2. The minimum absolute atomic E-state index is 0.00260. The number of unbranched alkanes of at least 4 members (excludes halogenated alkanes) is 1. The number of hydrogen-bond acceptors (Lipinski definition) is 21. The van der Waals surface area contributed by atoms with Crippen LogP contribution in [-0.4, -0.2) is 295 Å². The van der Waals surface area contributed by atoms with Gasteiger partial charge in [0.15, 0.2) is 0 Å². The third kappa shape index (κ3) is 26.1. The fraction of sp³-hybridized carbons (Fsp3) is 0.529. The monoisotopic (exact) mass is 1780 g/mol. The van der Waals surface area contributed by atoms with Gasteiger partial charge in [0.05, 0.1) is 18.7 Å². The third-order valence-electron chi connectivity index (χ3n) is 23.2. The topological polar surface area (TPSA) is 577 Å². The molecule has 4 aliphatic rings. The molecule has 14 atom stereocenters. The fourth-order valence-electron chi connectivity index (χ4n) is 16.4. The average Bonchev–Trinajstić information content (AvgIpc) is 1.72. The number of hydrogen-bond donors (Lipinski definition) is 17. The van der Waals surface area contributed by atoms with Crippen LogP contribution in [0.4, 0.5) is 0 Å². The van der Waals surface area contributed by atoms with Gasteiger partial charge in [0.25, 0.3) is 0 Å². The van der Waals surface area contributed by atoms with E-state index in [1.807, 2.05) is 19.1 Å². The molecule has 4 aliphatic heterocycles. The number of phenolic OH excluding ortho intramolecular Hbond substituents is 1. The Kier molecular flexibility index (Phi) is 35.7. The van der Waals surface area contributed by atoms with Gasteiger partial charge >= 0.3 is 5.97 Å². The van der Waals surface area contributed by atoms with Crippen molar-refractivity contribution >= 4 is 134 Å². The molecule has 0 aliphatic carbocycles. The molecule has 688 valence electrons. The molecule has 127 heavy (non-hydrogen) atoms. The Labute approximate surface area is 739 Å². The molecule has 0 bridgehead atoms. The summed E-state index contributed by atoms with van der Waals surface area (Å²) in [5.74, 6) is -16.7. The molecule has 16 amide bonds. The summed E-state index contributed by atoms with van der Waals surface area (Å²) in [6.07, 6.45) is 3.06. The van der Waals surface area contributed by atoms with Crippen LogP contribution in [0.1, 0.15) is 135 Å². The Bertz CT molecular complexity index is 4870.